The Labute approximate surface area is 115 Å². The molecule has 0 unspecified atom stereocenters. The number of aromatic nitrogens is 1. The minimum Gasteiger partial charge on any atom is -0.327 e. The van der Waals surface area contributed by atoms with E-state index < -0.39 is 15.6 Å². The number of H-pyrrole nitrogens is 1. The van der Waals surface area contributed by atoms with E-state index in [2.05, 4.69) is 9.71 Å². The number of pyridine rings is 1. The van der Waals surface area contributed by atoms with Crippen molar-refractivity contribution < 1.29 is 8.42 Å². The molecule has 1 aromatic carbocycles. The third-order valence-corrected chi connectivity index (χ3v) is 4.29. The second-order valence-corrected chi connectivity index (χ2v) is 6.02. The predicted molar refractivity (Wildman–Crippen MR) is 74.1 cm³/mol. The molecule has 2 aromatic rings. The molecule has 0 bridgehead atoms. The van der Waals surface area contributed by atoms with Crippen LogP contribution in [0.2, 0.25) is 5.02 Å². The predicted octanol–water partition coefficient (Wildman–Crippen LogP) is 2.14. The van der Waals surface area contributed by atoms with Crippen molar-refractivity contribution in [3.8, 4) is 0 Å². The average Bonchev–Trinajstić information content (AvgIpc) is 2.35. The Morgan fingerprint density at radius 1 is 1.26 bits per heavy atom. The van der Waals surface area contributed by atoms with Gasteiger partial charge in [-0.25, -0.2) is 8.42 Å². The minimum absolute atomic E-state index is 0.00588. The Hall–Kier alpha value is -1.79. The zero-order valence-electron chi connectivity index (χ0n) is 9.98. The van der Waals surface area contributed by atoms with Crippen molar-refractivity contribution in [3.05, 3.63) is 57.5 Å². The number of aromatic amines is 1. The second kappa shape index (κ2) is 5.07. The summed E-state index contributed by atoms with van der Waals surface area (Å²) in [5.74, 6) is 0. The zero-order chi connectivity index (χ0) is 14.0. The van der Waals surface area contributed by atoms with Crippen LogP contribution >= 0.6 is 11.6 Å². The monoisotopic (exact) mass is 298 g/mol. The molecule has 0 amide bonds. The van der Waals surface area contributed by atoms with Gasteiger partial charge in [0.25, 0.3) is 15.6 Å². The number of anilines is 1. The molecule has 1 heterocycles. The van der Waals surface area contributed by atoms with Crippen LogP contribution in [0.3, 0.4) is 0 Å². The van der Waals surface area contributed by atoms with Gasteiger partial charge < -0.3 is 4.98 Å². The van der Waals surface area contributed by atoms with Gasteiger partial charge in [0.05, 0.1) is 4.90 Å². The highest BCUT2D eigenvalue weighted by Gasteiger charge is 2.16. The van der Waals surface area contributed by atoms with Crippen LogP contribution in [-0.4, -0.2) is 13.4 Å². The van der Waals surface area contributed by atoms with E-state index in [1.165, 1.54) is 30.5 Å². The molecule has 2 N–H and O–H groups in total. The highest BCUT2D eigenvalue weighted by molar-refractivity contribution is 7.92. The smallest absolute Gasteiger partial charge is 0.272 e. The second-order valence-electron chi connectivity index (χ2n) is 3.93. The summed E-state index contributed by atoms with van der Waals surface area (Å²) in [4.78, 5) is 13.8. The molecule has 0 saturated carbocycles. The Morgan fingerprint density at radius 2 is 2.00 bits per heavy atom. The lowest BCUT2D eigenvalue weighted by atomic mass is 10.2. The first kappa shape index (κ1) is 13.6. The number of benzene rings is 1. The van der Waals surface area contributed by atoms with E-state index >= 15 is 0 Å². The fourth-order valence-electron chi connectivity index (χ4n) is 1.45. The Bertz CT molecular complexity index is 769. The number of rotatable bonds is 3. The molecule has 2 rings (SSSR count). The van der Waals surface area contributed by atoms with Crippen LogP contribution < -0.4 is 10.3 Å². The van der Waals surface area contributed by atoms with Crippen LogP contribution in [0.25, 0.3) is 0 Å². The number of hydrogen-bond acceptors (Lipinski definition) is 3. The summed E-state index contributed by atoms with van der Waals surface area (Å²) in [6, 6.07) is 7.29. The van der Waals surface area contributed by atoms with E-state index in [1.54, 1.807) is 13.0 Å². The molecule has 0 aliphatic rings. The molecule has 0 atom stereocenters. The molecule has 7 heteroatoms. The van der Waals surface area contributed by atoms with E-state index in [9.17, 15) is 13.2 Å². The lowest BCUT2D eigenvalue weighted by Gasteiger charge is -2.08. The summed E-state index contributed by atoms with van der Waals surface area (Å²) in [7, 11) is -3.83. The number of hydrogen-bond donors (Lipinski definition) is 2. The molecule has 0 saturated heterocycles. The third kappa shape index (κ3) is 2.97. The van der Waals surface area contributed by atoms with Gasteiger partial charge in [0.15, 0.2) is 0 Å². The largest absolute Gasteiger partial charge is 0.327 e. The molecular formula is C12H11ClN2O3S. The zero-order valence-corrected chi connectivity index (χ0v) is 11.5. The van der Waals surface area contributed by atoms with Crippen LogP contribution in [0.4, 0.5) is 5.69 Å². The van der Waals surface area contributed by atoms with Crippen molar-refractivity contribution in [2.24, 2.45) is 0 Å². The fourth-order valence-corrected chi connectivity index (χ4v) is 2.78. The topological polar surface area (TPSA) is 79.0 Å². The molecule has 0 aliphatic carbocycles. The van der Waals surface area contributed by atoms with E-state index in [4.69, 9.17) is 11.6 Å². The van der Waals surface area contributed by atoms with E-state index in [0.717, 1.165) is 5.56 Å². The van der Waals surface area contributed by atoms with Crippen molar-refractivity contribution in [2.75, 3.05) is 4.72 Å². The first-order chi connectivity index (χ1) is 8.90. The fraction of sp³-hybridized carbons (Fsp3) is 0.0833. The van der Waals surface area contributed by atoms with Gasteiger partial charge in [-0.05, 0) is 36.8 Å². The van der Waals surface area contributed by atoms with Gasteiger partial charge in [-0.15, -0.1) is 0 Å². The SMILES string of the molecule is Cc1ccc(S(=O)(=O)Nc2ccc[nH]c2=O)cc1Cl. The van der Waals surface area contributed by atoms with Crippen molar-refractivity contribution >= 4 is 27.3 Å². The minimum atomic E-state index is -3.83. The van der Waals surface area contributed by atoms with E-state index in [1.807, 2.05) is 0 Å². The molecule has 5 nitrogen and oxygen atoms in total. The van der Waals surface area contributed by atoms with Crippen LogP contribution in [0.1, 0.15) is 5.56 Å². The lowest BCUT2D eigenvalue weighted by molar-refractivity contribution is 0.601. The van der Waals surface area contributed by atoms with Gasteiger partial charge in [0.2, 0.25) is 0 Å². The van der Waals surface area contributed by atoms with Gasteiger partial charge >= 0.3 is 0 Å². The normalized spacial score (nSPS) is 11.3. The number of sulfonamides is 1. The molecular weight excluding hydrogens is 288 g/mol. The maximum atomic E-state index is 12.1. The summed E-state index contributed by atoms with van der Waals surface area (Å²) >= 11 is 5.89. The number of nitrogens with one attached hydrogen (secondary N) is 2. The Morgan fingerprint density at radius 3 is 2.63 bits per heavy atom. The van der Waals surface area contributed by atoms with Gasteiger partial charge in [-0.2, -0.15) is 0 Å². The third-order valence-electron chi connectivity index (χ3n) is 2.52. The lowest BCUT2D eigenvalue weighted by Crippen LogP contribution is -2.19. The first-order valence-electron chi connectivity index (χ1n) is 5.37. The van der Waals surface area contributed by atoms with Crippen molar-refractivity contribution in [3.63, 3.8) is 0 Å². The van der Waals surface area contributed by atoms with Crippen LogP contribution in [0.15, 0.2) is 46.2 Å². The van der Waals surface area contributed by atoms with Gasteiger partial charge in [0.1, 0.15) is 5.69 Å². The number of halogens is 1. The summed E-state index contributed by atoms with van der Waals surface area (Å²) in [5.41, 5.74) is 0.224. The van der Waals surface area contributed by atoms with Crippen molar-refractivity contribution in [1.29, 1.82) is 0 Å². The summed E-state index contributed by atoms with van der Waals surface area (Å²) < 4.78 is 26.4. The molecule has 100 valence electrons. The van der Waals surface area contributed by atoms with Crippen LogP contribution in [0.5, 0.6) is 0 Å². The van der Waals surface area contributed by atoms with Gasteiger partial charge in [-0.1, -0.05) is 17.7 Å². The Balaban J connectivity index is 2.41. The van der Waals surface area contributed by atoms with E-state index in [-0.39, 0.29) is 10.6 Å². The number of aryl methyl sites for hydroxylation is 1. The van der Waals surface area contributed by atoms with Gasteiger partial charge in [0, 0.05) is 11.2 Å². The average molecular weight is 299 g/mol. The molecule has 19 heavy (non-hydrogen) atoms. The molecule has 0 radical (unpaired) electrons. The first-order valence-corrected chi connectivity index (χ1v) is 7.23. The van der Waals surface area contributed by atoms with Gasteiger partial charge in [-0.3, -0.25) is 9.52 Å². The van der Waals surface area contributed by atoms with Crippen molar-refractivity contribution in [1.82, 2.24) is 4.98 Å². The molecule has 1 aromatic heterocycles. The maximum absolute atomic E-state index is 12.1. The summed E-state index contributed by atoms with van der Waals surface area (Å²) in [6.45, 7) is 1.77. The van der Waals surface area contributed by atoms with Crippen molar-refractivity contribution in [2.45, 2.75) is 11.8 Å². The standard InChI is InChI=1S/C12H11ClN2O3S/c1-8-4-5-9(7-10(8)13)19(17,18)15-11-3-2-6-14-12(11)16/h2-7,15H,1H3,(H,14,16). The van der Waals surface area contributed by atoms with Crippen LogP contribution in [-0.2, 0) is 10.0 Å². The molecule has 0 fully saturated rings. The maximum Gasteiger partial charge on any atom is 0.272 e. The quantitative estimate of drug-likeness (QED) is 0.911. The van der Waals surface area contributed by atoms with Crippen LogP contribution in [0, 0.1) is 6.92 Å². The Kier molecular flexibility index (Phi) is 3.64. The summed E-state index contributed by atoms with van der Waals surface area (Å²) in [5, 5.41) is 0.352. The molecule has 0 aliphatic heterocycles. The molecule has 0 spiro atoms. The summed E-state index contributed by atoms with van der Waals surface area (Å²) in [6.07, 6.45) is 1.42. The highest BCUT2D eigenvalue weighted by atomic mass is 35.5. The highest BCUT2D eigenvalue weighted by Crippen LogP contribution is 2.21. The van der Waals surface area contributed by atoms with E-state index in [0.29, 0.717) is 5.02 Å².